The average molecular weight is 323 g/mol. The smallest absolute Gasteiger partial charge is 0.177 e. The minimum atomic E-state index is 0.247. The van der Waals surface area contributed by atoms with Crippen LogP contribution in [-0.2, 0) is 0 Å². The molecule has 124 valence electrons. The summed E-state index contributed by atoms with van der Waals surface area (Å²) in [5.41, 5.74) is 9.42. The maximum atomic E-state index is 5.89. The number of piperidine rings is 1. The summed E-state index contributed by atoms with van der Waals surface area (Å²) in [5.74, 6) is 0.895. The van der Waals surface area contributed by atoms with Crippen molar-refractivity contribution in [1.29, 1.82) is 0 Å². The zero-order valence-corrected chi connectivity index (χ0v) is 13.7. The van der Waals surface area contributed by atoms with E-state index in [1.807, 2.05) is 18.3 Å². The lowest BCUT2D eigenvalue weighted by atomic mass is 9.80. The molecule has 0 amide bonds. The first-order chi connectivity index (χ1) is 11.7. The first-order valence-corrected chi connectivity index (χ1v) is 8.25. The van der Waals surface area contributed by atoms with E-state index in [9.17, 15) is 0 Å². The van der Waals surface area contributed by atoms with Crippen LogP contribution in [0.4, 0.5) is 5.82 Å². The second-order valence-electron chi connectivity index (χ2n) is 6.74. The van der Waals surface area contributed by atoms with Gasteiger partial charge in [-0.25, -0.2) is 9.97 Å². The van der Waals surface area contributed by atoms with Crippen molar-refractivity contribution in [2.24, 2.45) is 11.1 Å². The quantitative estimate of drug-likeness (QED) is 0.765. The van der Waals surface area contributed by atoms with Crippen molar-refractivity contribution in [3.05, 3.63) is 30.7 Å². The topological polar surface area (TPSA) is 96.6 Å². The summed E-state index contributed by atoms with van der Waals surface area (Å²) in [5, 5.41) is 7.38. The summed E-state index contributed by atoms with van der Waals surface area (Å²) in [7, 11) is 0. The molecule has 0 radical (unpaired) electrons. The van der Waals surface area contributed by atoms with Crippen molar-refractivity contribution < 1.29 is 0 Å². The molecule has 3 aromatic rings. The van der Waals surface area contributed by atoms with Gasteiger partial charge in [0.1, 0.15) is 17.0 Å². The van der Waals surface area contributed by atoms with Crippen LogP contribution in [-0.4, -0.2) is 44.8 Å². The van der Waals surface area contributed by atoms with E-state index in [0.29, 0.717) is 5.65 Å². The van der Waals surface area contributed by atoms with Gasteiger partial charge in [-0.2, -0.15) is 5.10 Å². The Morgan fingerprint density at radius 2 is 2.00 bits per heavy atom. The van der Waals surface area contributed by atoms with Crippen molar-refractivity contribution in [2.45, 2.75) is 19.8 Å². The Hall–Kier alpha value is -2.54. The van der Waals surface area contributed by atoms with Gasteiger partial charge in [0, 0.05) is 31.0 Å². The molecule has 0 saturated carbocycles. The second-order valence-corrected chi connectivity index (χ2v) is 6.74. The molecule has 3 aromatic heterocycles. The minimum absolute atomic E-state index is 0.247. The van der Waals surface area contributed by atoms with Gasteiger partial charge in [0.25, 0.3) is 0 Å². The predicted molar refractivity (Wildman–Crippen MR) is 93.5 cm³/mol. The number of nitrogens with one attached hydrogen (secondary N) is 1. The normalized spacial score (nSPS) is 17.3. The number of nitrogens with two attached hydrogens (primary N) is 1. The Labute approximate surface area is 140 Å². The van der Waals surface area contributed by atoms with Gasteiger partial charge in [-0.15, -0.1) is 0 Å². The number of fused-ring (bicyclic) bond motifs is 1. The lowest BCUT2D eigenvalue weighted by molar-refractivity contribution is 0.258. The van der Waals surface area contributed by atoms with Gasteiger partial charge in [0.15, 0.2) is 5.65 Å². The first kappa shape index (κ1) is 15.0. The van der Waals surface area contributed by atoms with E-state index in [-0.39, 0.29) is 5.41 Å². The lowest BCUT2D eigenvalue weighted by Gasteiger charge is -2.39. The zero-order chi connectivity index (χ0) is 16.6. The number of hydrogen-bond donors (Lipinski definition) is 2. The average Bonchev–Trinajstić information content (AvgIpc) is 3.06. The molecule has 7 nitrogen and oxygen atoms in total. The van der Waals surface area contributed by atoms with Crippen LogP contribution in [0.3, 0.4) is 0 Å². The van der Waals surface area contributed by atoms with Gasteiger partial charge in [-0.3, -0.25) is 10.1 Å². The van der Waals surface area contributed by atoms with Crippen molar-refractivity contribution in [3.63, 3.8) is 0 Å². The largest absolute Gasteiger partial charge is 0.355 e. The summed E-state index contributed by atoms with van der Waals surface area (Å²) in [4.78, 5) is 15.6. The molecule has 0 atom stereocenters. The molecule has 4 heterocycles. The number of pyridine rings is 1. The number of hydrogen-bond acceptors (Lipinski definition) is 6. The molecule has 1 saturated heterocycles. The minimum Gasteiger partial charge on any atom is -0.355 e. The molecule has 0 aromatic carbocycles. The monoisotopic (exact) mass is 323 g/mol. The third-order valence-electron chi connectivity index (χ3n) is 5.00. The molecular formula is C17H21N7. The molecule has 7 heteroatoms. The van der Waals surface area contributed by atoms with Gasteiger partial charge in [-0.1, -0.05) is 6.92 Å². The van der Waals surface area contributed by atoms with Crippen molar-refractivity contribution in [3.8, 4) is 11.3 Å². The molecule has 4 rings (SSSR count). The van der Waals surface area contributed by atoms with Gasteiger partial charge < -0.3 is 10.6 Å². The van der Waals surface area contributed by atoms with E-state index in [1.54, 1.807) is 12.4 Å². The van der Waals surface area contributed by atoms with Crippen molar-refractivity contribution >= 4 is 17.0 Å². The highest BCUT2D eigenvalue weighted by atomic mass is 15.2. The highest BCUT2D eigenvalue weighted by Gasteiger charge is 2.29. The molecule has 0 aliphatic carbocycles. The van der Waals surface area contributed by atoms with E-state index in [1.165, 1.54) is 0 Å². The fourth-order valence-electron chi connectivity index (χ4n) is 3.14. The Morgan fingerprint density at radius 1 is 1.25 bits per heavy atom. The Morgan fingerprint density at radius 3 is 2.71 bits per heavy atom. The number of rotatable bonds is 3. The maximum absolute atomic E-state index is 5.89. The first-order valence-electron chi connectivity index (χ1n) is 8.25. The number of H-pyrrole nitrogens is 1. The van der Waals surface area contributed by atoms with Crippen molar-refractivity contribution in [2.75, 3.05) is 24.5 Å². The number of anilines is 1. The van der Waals surface area contributed by atoms with E-state index < -0.39 is 0 Å². The summed E-state index contributed by atoms with van der Waals surface area (Å²) in [6.07, 6.45) is 7.50. The van der Waals surface area contributed by atoms with Crippen LogP contribution < -0.4 is 10.6 Å². The van der Waals surface area contributed by atoms with Gasteiger partial charge in [0.05, 0.1) is 6.20 Å². The van der Waals surface area contributed by atoms with Crippen LogP contribution in [0, 0.1) is 5.41 Å². The van der Waals surface area contributed by atoms with E-state index >= 15 is 0 Å². The molecule has 0 spiro atoms. The van der Waals surface area contributed by atoms with Crippen LogP contribution in [0.1, 0.15) is 19.8 Å². The van der Waals surface area contributed by atoms with Crippen LogP contribution in [0.25, 0.3) is 22.4 Å². The molecular weight excluding hydrogens is 302 g/mol. The number of nitrogens with zero attached hydrogens (tertiary/aromatic N) is 5. The molecule has 24 heavy (non-hydrogen) atoms. The van der Waals surface area contributed by atoms with Gasteiger partial charge >= 0.3 is 0 Å². The highest BCUT2D eigenvalue weighted by Crippen LogP contribution is 2.32. The SMILES string of the molecule is CC1(CN)CCN(c2cnc3c(-c4ccncc4)n[nH]c3n2)CC1. The van der Waals surface area contributed by atoms with Crippen LogP contribution in [0.2, 0.25) is 0 Å². The van der Waals surface area contributed by atoms with E-state index in [4.69, 9.17) is 10.7 Å². The van der Waals surface area contributed by atoms with Gasteiger partial charge in [0.2, 0.25) is 0 Å². The predicted octanol–water partition coefficient (Wildman–Crippen LogP) is 1.98. The molecule has 1 aliphatic rings. The number of aromatic amines is 1. The van der Waals surface area contributed by atoms with E-state index in [2.05, 4.69) is 32.0 Å². The maximum Gasteiger partial charge on any atom is 0.177 e. The van der Waals surface area contributed by atoms with Crippen molar-refractivity contribution in [1.82, 2.24) is 25.1 Å². The molecule has 0 unspecified atom stereocenters. The highest BCUT2D eigenvalue weighted by molar-refractivity contribution is 5.87. The number of aromatic nitrogens is 5. The Balaban J connectivity index is 1.61. The molecule has 1 aliphatic heterocycles. The standard InChI is InChI=1S/C17H21N7/c1-17(11-18)4-8-24(9-5-17)13-10-20-15-14(22-23-16(15)21-13)12-2-6-19-7-3-12/h2-3,6-7,10H,4-5,8-9,11,18H2,1H3,(H,21,22,23). The fraction of sp³-hybridized carbons (Fsp3) is 0.412. The van der Waals surface area contributed by atoms with Crippen LogP contribution >= 0.6 is 0 Å². The van der Waals surface area contributed by atoms with Gasteiger partial charge in [-0.05, 0) is 36.9 Å². The molecule has 1 fully saturated rings. The lowest BCUT2D eigenvalue weighted by Crippen LogP contribution is -2.42. The summed E-state index contributed by atoms with van der Waals surface area (Å²) < 4.78 is 0. The van der Waals surface area contributed by atoms with Crippen LogP contribution in [0.5, 0.6) is 0 Å². The molecule has 3 N–H and O–H groups in total. The third kappa shape index (κ3) is 2.60. The zero-order valence-electron chi connectivity index (χ0n) is 13.7. The summed E-state index contributed by atoms with van der Waals surface area (Å²) in [6.45, 7) is 4.91. The fourth-order valence-corrected chi connectivity index (χ4v) is 3.14. The Kier molecular flexibility index (Phi) is 3.65. The van der Waals surface area contributed by atoms with E-state index in [0.717, 1.165) is 55.1 Å². The summed E-state index contributed by atoms with van der Waals surface area (Å²) in [6, 6.07) is 3.84. The third-order valence-corrected chi connectivity index (χ3v) is 5.00. The second kappa shape index (κ2) is 5.83. The summed E-state index contributed by atoms with van der Waals surface area (Å²) >= 11 is 0. The van der Waals surface area contributed by atoms with Crippen LogP contribution in [0.15, 0.2) is 30.7 Å². The Bertz CT molecular complexity index is 835. The molecule has 0 bridgehead atoms.